The Hall–Kier alpha value is -2.29. The molecule has 1 fully saturated rings. The Kier molecular flexibility index (Phi) is 5.18. The lowest BCUT2D eigenvalue weighted by Gasteiger charge is -2.38. The third-order valence-electron chi connectivity index (χ3n) is 4.95. The van der Waals surface area contributed by atoms with Crippen LogP contribution in [0.5, 0.6) is 0 Å². The van der Waals surface area contributed by atoms with Gasteiger partial charge < -0.3 is 15.8 Å². The molecule has 0 spiro atoms. The van der Waals surface area contributed by atoms with Crippen LogP contribution in [0.15, 0.2) is 46.0 Å². The van der Waals surface area contributed by atoms with Crippen LogP contribution >= 0.6 is 22.9 Å². The van der Waals surface area contributed by atoms with E-state index >= 15 is 0 Å². The fourth-order valence-electron chi connectivity index (χ4n) is 3.52. The zero-order valence-electron chi connectivity index (χ0n) is 15.0. The first-order chi connectivity index (χ1) is 13.5. The van der Waals surface area contributed by atoms with E-state index in [2.05, 4.69) is 10.3 Å². The molecular formula is C19H18ClFN4O2S. The Bertz CT molecular complexity index is 970. The molecule has 1 aromatic carbocycles. The molecular weight excluding hydrogens is 403 g/mol. The van der Waals surface area contributed by atoms with E-state index in [-0.39, 0.29) is 17.0 Å². The second-order valence-corrected chi connectivity index (χ2v) is 8.06. The van der Waals surface area contributed by atoms with Gasteiger partial charge in [-0.3, -0.25) is 4.99 Å². The van der Waals surface area contributed by atoms with E-state index in [0.717, 1.165) is 18.5 Å². The van der Waals surface area contributed by atoms with Crippen LogP contribution in [0.1, 0.15) is 29.5 Å². The molecule has 1 aliphatic heterocycles. The molecule has 3 N–H and O–H groups in total. The number of aliphatic imine (C=N–C) groups is 1. The lowest BCUT2D eigenvalue weighted by molar-refractivity contribution is -0.136. The molecule has 4 rings (SSSR count). The third kappa shape index (κ3) is 3.43. The van der Waals surface area contributed by atoms with Gasteiger partial charge in [-0.2, -0.15) is 0 Å². The largest absolute Gasteiger partial charge is 0.466 e. The zero-order valence-corrected chi connectivity index (χ0v) is 16.6. The maximum Gasteiger partial charge on any atom is 0.338 e. The van der Waals surface area contributed by atoms with Gasteiger partial charge >= 0.3 is 5.97 Å². The number of nitrogens with zero attached hydrogens (tertiary/aromatic N) is 2. The van der Waals surface area contributed by atoms with Crippen molar-refractivity contribution in [1.82, 2.24) is 10.3 Å². The maximum atomic E-state index is 13.6. The standard InChI is InChI=1S/C19H18ClFN4O2S/c1-27-19(26)14-15(9-6-11(22)7-9)24-17(18-23-4-5-28-18)25-16(14)12-3-2-10(21)8-13(12)20/h2-5,8-9,11,16H,6-7,22H2,1H3,(H,24,25). The third-order valence-corrected chi connectivity index (χ3v) is 6.06. The lowest BCUT2D eigenvalue weighted by atomic mass is 9.75. The van der Waals surface area contributed by atoms with Gasteiger partial charge in [0.05, 0.1) is 12.7 Å². The van der Waals surface area contributed by atoms with Crippen LogP contribution in [0.3, 0.4) is 0 Å². The quantitative estimate of drug-likeness (QED) is 0.741. The summed E-state index contributed by atoms with van der Waals surface area (Å²) in [6.07, 6.45) is 3.18. The van der Waals surface area contributed by atoms with Crippen molar-refractivity contribution in [1.29, 1.82) is 0 Å². The highest BCUT2D eigenvalue weighted by molar-refractivity contribution is 7.11. The number of aromatic nitrogens is 1. The highest BCUT2D eigenvalue weighted by Gasteiger charge is 2.40. The number of benzene rings is 1. The zero-order chi connectivity index (χ0) is 19.8. The maximum absolute atomic E-state index is 13.6. The summed E-state index contributed by atoms with van der Waals surface area (Å²) in [6.45, 7) is 0. The fourth-order valence-corrected chi connectivity index (χ4v) is 4.37. The van der Waals surface area contributed by atoms with Crippen LogP contribution in [0.2, 0.25) is 5.02 Å². The Morgan fingerprint density at radius 2 is 2.21 bits per heavy atom. The summed E-state index contributed by atoms with van der Waals surface area (Å²) in [5.74, 6) is -0.337. The van der Waals surface area contributed by atoms with E-state index < -0.39 is 17.8 Å². The van der Waals surface area contributed by atoms with Crippen molar-refractivity contribution >= 4 is 34.7 Å². The molecule has 0 amide bonds. The molecule has 2 heterocycles. The first-order valence-corrected chi connectivity index (χ1v) is 10.0. The van der Waals surface area contributed by atoms with Gasteiger partial charge in [-0.05, 0) is 25.0 Å². The van der Waals surface area contributed by atoms with Gasteiger partial charge in [0.2, 0.25) is 0 Å². The van der Waals surface area contributed by atoms with Crippen molar-refractivity contribution in [2.45, 2.75) is 24.9 Å². The number of thiazole rings is 1. The van der Waals surface area contributed by atoms with Crippen molar-refractivity contribution in [3.05, 3.63) is 62.5 Å². The number of hydrogen-bond acceptors (Lipinski definition) is 7. The molecule has 1 atom stereocenters. The summed E-state index contributed by atoms with van der Waals surface area (Å²) in [7, 11) is 1.32. The number of halogens is 2. The molecule has 0 radical (unpaired) electrons. The van der Waals surface area contributed by atoms with Gasteiger partial charge in [0.15, 0.2) is 10.8 Å². The van der Waals surface area contributed by atoms with Crippen molar-refractivity contribution < 1.29 is 13.9 Å². The topological polar surface area (TPSA) is 89.6 Å². The summed E-state index contributed by atoms with van der Waals surface area (Å²) < 4.78 is 18.6. The Labute approximate surface area is 170 Å². The van der Waals surface area contributed by atoms with E-state index in [0.29, 0.717) is 22.0 Å². The number of carbonyl (C=O) groups excluding carboxylic acids is 1. The minimum atomic E-state index is -0.729. The molecule has 146 valence electrons. The highest BCUT2D eigenvalue weighted by atomic mass is 35.5. The van der Waals surface area contributed by atoms with Gasteiger partial charge in [-0.1, -0.05) is 17.7 Å². The predicted molar refractivity (Wildman–Crippen MR) is 106 cm³/mol. The Balaban J connectivity index is 1.87. The van der Waals surface area contributed by atoms with E-state index in [9.17, 15) is 9.18 Å². The summed E-state index contributed by atoms with van der Waals surface area (Å²) in [6, 6.07) is 3.42. The second-order valence-electron chi connectivity index (χ2n) is 6.76. The molecule has 1 aliphatic carbocycles. The SMILES string of the molecule is COC(=O)C1=C(C2CC(N)C2)NC(c2nccs2)=NC1c1ccc(F)cc1Cl. The molecule has 28 heavy (non-hydrogen) atoms. The van der Waals surface area contributed by atoms with Crippen LogP contribution in [0.4, 0.5) is 4.39 Å². The van der Waals surface area contributed by atoms with E-state index in [4.69, 9.17) is 27.1 Å². The summed E-state index contributed by atoms with van der Waals surface area (Å²) in [5, 5.41) is 6.01. The van der Waals surface area contributed by atoms with Gasteiger partial charge in [-0.15, -0.1) is 11.3 Å². The normalized spacial score (nSPS) is 24.3. The second kappa shape index (κ2) is 7.62. The van der Waals surface area contributed by atoms with Crippen LogP contribution in [0.25, 0.3) is 0 Å². The van der Waals surface area contributed by atoms with E-state index in [1.165, 1.54) is 30.6 Å². The number of hydrogen-bond donors (Lipinski definition) is 2. The van der Waals surface area contributed by atoms with Crippen LogP contribution < -0.4 is 11.1 Å². The summed E-state index contributed by atoms with van der Waals surface area (Å²) in [5.41, 5.74) is 7.59. The Morgan fingerprint density at radius 3 is 2.82 bits per heavy atom. The van der Waals surface area contributed by atoms with Crippen molar-refractivity contribution in [2.75, 3.05) is 7.11 Å². The van der Waals surface area contributed by atoms with Crippen molar-refractivity contribution in [3.63, 3.8) is 0 Å². The molecule has 0 bridgehead atoms. The van der Waals surface area contributed by atoms with Gasteiger partial charge in [0.25, 0.3) is 0 Å². The molecule has 2 aliphatic rings. The van der Waals surface area contributed by atoms with Crippen molar-refractivity contribution in [2.24, 2.45) is 16.6 Å². The van der Waals surface area contributed by atoms with E-state index in [1.54, 1.807) is 12.3 Å². The lowest BCUT2D eigenvalue weighted by Crippen LogP contribution is -2.44. The van der Waals surface area contributed by atoms with E-state index in [1.807, 2.05) is 5.38 Å². The number of carbonyl (C=O) groups is 1. The minimum Gasteiger partial charge on any atom is -0.466 e. The number of allylic oxidation sites excluding steroid dienone is 1. The average molecular weight is 421 g/mol. The molecule has 9 heteroatoms. The minimum absolute atomic E-state index is 0.0799. The number of esters is 1. The molecule has 6 nitrogen and oxygen atoms in total. The van der Waals surface area contributed by atoms with Crippen molar-refractivity contribution in [3.8, 4) is 0 Å². The monoisotopic (exact) mass is 420 g/mol. The average Bonchev–Trinajstić information content (AvgIpc) is 3.19. The number of amidine groups is 1. The first-order valence-electron chi connectivity index (χ1n) is 8.75. The molecule has 1 saturated carbocycles. The van der Waals surface area contributed by atoms with Crippen LogP contribution in [0, 0.1) is 11.7 Å². The molecule has 1 unspecified atom stereocenters. The first kappa shape index (κ1) is 19.0. The molecule has 0 saturated heterocycles. The predicted octanol–water partition coefficient (Wildman–Crippen LogP) is 3.19. The highest BCUT2D eigenvalue weighted by Crippen LogP contribution is 2.42. The molecule has 1 aromatic heterocycles. The Morgan fingerprint density at radius 1 is 1.43 bits per heavy atom. The van der Waals surface area contributed by atoms with Crippen LogP contribution in [-0.4, -0.2) is 29.9 Å². The number of ether oxygens (including phenoxy) is 1. The van der Waals surface area contributed by atoms with Gasteiger partial charge in [0, 0.05) is 39.8 Å². The van der Waals surface area contributed by atoms with Gasteiger partial charge in [0.1, 0.15) is 11.9 Å². The number of methoxy groups -OCH3 is 1. The number of nitrogens with two attached hydrogens (primary N) is 1. The number of rotatable bonds is 4. The summed E-state index contributed by atoms with van der Waals surface area (Å²) in [4.78, 5) is 21.7. The number of nitrogens with one attached hydrogen (secondary N) is 1. The van der Waals surface area contributed by atoms with Gasteiger partial charge in [-0.25, -0.2) is 14.2 Å². The smallest absolute Gasteiger partial charge is 0.338 e. The fraction of sp³-hybridized carbons (Fsp3) is 0.316. The van der Waals surface area contributed by atoms with Crippen LogP contribution in [-0.2, 0) is 9.53 Å². The molecule has 2 aromatic rings. The summed E-state index contributed by atoms with van der Waals surface area (Å²) >= 11 is 7.74.